The second-order valence-electron chi connectivity index (χ2n) is 6.91. The number of anilines is 2. The van der Waals surface area contributed by atoms with E-state index in [0.29, 0.717) is 43.4 Å². The van der Waals surface area contributed by atoms with Crippen LogP contribution in [0.3, 0.4) is 0 Å². The minimum absolute atomic E-state index is 0.0398. The lowest BCUT2D eigenvalue weighted by Crippen LogP contribution is -2.48. The van der Waals surface area contributed by atoms with E-state index in [4.69, 9.17) is 14.2 Å². The highest BCUT2D eigenvalue weighted by molar-refractivity contribution is 5.92. The van der Waals surface area contributed by atoms with Gasteiger partial charge >= 0.3 is 0 Å². The van der Waals surface area contributed by atoms with Crippen molar-refractivity contribution in [2.24, 2.45) is 0 Å². The largest absolute Gasteiger partial charge is 0.493 e. The molecule has 0 atom stereocenters. The van der Waals surface area contributed by atoms with Crippen LogP contribution in [0.15, 0.2) is 30.3 Å². The first-order valence-corrected chi connectivity index (χ1v) is 10.2. The Bertz CT molecular complexity index is 884. The Balaban J connectivity index is 1.60. The fraction of sp³-hybridized carbons (Fsp3) is 0.409. The van der Waals surface area contributed by atoms with Gasteiger partial charge in [0.2, 0.25) is 11.7 Å². The minimum atomic E-state index is -0.0398. The lowest BCUT2D eigenvalue weighted by Gasteiger charge is -2.34. The molecule has 1 aromatic heterocycles. The third-order valence-electron chi connectivity index (χ3n) is 5.03. The molecule has 9 heteroatoms. The second kappa shape index (κ2) is 10.5. The summed E-state index contributed by atoms with van der Waals surface area (Å²) in [5.41, 5.74) is 0.789. The van der Waals surface area contributed by atoms with Gasteiger partial charge < -0.3 is 29.3 Å². The van der Waals surface area contributed by atoms with Crippen molar-refractivity contribution in [1.82, 2.24) is 15.1 Å². The van der Waals surface area contributed by atoms with E-state index in [1.54, 1.807) is 45.6 Å². The summed E-state index contributed by atoms with van der Waals surface area (Å²) in [7, 11) is 4.68. The first-order valence-electron chi connectivity index (χ1n) is 10.2. The van der Waals surface area contributed by atoms with Gasteiger partial charge in [-0.05, 0) is 42.8 Å². The Morgan fingerprint density at radius 3 is 2.23 bits per heavy atom. The summed E-state index contributed by atoms with van der Waals surface area (Å²) in [6.07, 6.45) is 3.32. The quantitative estimate of drug-likeness (QED) is 0.642. The number of nitrogens with one attached hydrogen (secondary N) is 1. The van der Waals surface area contributed by atoms with Crippen LogP contribution >= 0.6 is 0 Å². The van der Waals surface area contributed by atoms with Crippen LogP contribution in [-0.4, -0.2) is 75.1 Å². The summed E-state index contributed by atoms with van der Waals surface area (Å²) in [4.78, 5) is 16.6. The van der Waals surface area contributed by atoms with E-state index in [1.165, 1.54) is 0 Å². The van der Waals surface area contributed by atoms with Crippen LogP contribution in [0.4, 0.5) is 11.6 Å². The van der Waals surface area contributed by atoms with Crippen molar-refractivity contribution < 1.29 is 19.0 Å². The maximum atomic E-state index is 12.7. The normalized spacial score (nSPS) is 13.9. The van der Waals surface area contributed by atoms with Crippen LogP contribution in [0.25, 0.3) is 6.08 Å². The molecular formula is C22H29N5O4. The summed E-state index contributed by atoms with van der Waals surface area (Å²) in [5, 5.41) is 11.6. The summed E-state index contributed by atoms with van der Waals surface area (Å²) >= 11 is 0. The molecule has 1 aromatic carbocycles. The first-order chi connectivity index (χ1) is 15.1. The number of carbonyl (C=O) groups excluding carboxylic acids is 1. The molecule has 1 amide bonds. The van der Waals surface area contributed by atoms with Gasteiger partial charge in [-0.3, -0.25) is 4.79 Å². The zero-order valence-electron chi connectivity index (χ0n) is 18.4. The maximum Gasteiger partial charge on any atom is 0.246 e. The van der Waals surface area contributed by atoms with E-state index in [0.717, 1.165) is 23.7 Å². The van der Waals surface area contributed by atoms with Gasteiger partial charge in [-0.15, -0.1) is 10.2 Å². The molecule has 1 aliphatic heterocycles. The third kappa shape index (κ3) is 5.36. The van der Waals surface area contributed by atoms with Crippen LogP contribution in [0.1, 0.15) is 12.5 Å². The van der Waals surface area contributed by atoms with Gasteiger partial charge in [0.15, 0.2) is 17.3 Å². The molecule has 2 heterocycles. The van der Waals surface area contributed by atoms with Crippen LogP contribution in [0, 0.1) is 0 Å². The Labute approximate surface area is 182 Å². The molecule has 166 valence electrons. The number of hydrogen-bond acceptors (Lipinski definition) is 8. The molecule has 1 saturated heterocycles. The van der Waals surface area contributed by atoms with E-state index in [9.17, 15) is 4.79 Å². The van der Waals surface area contributed by atoms with Crippen molar-refractivity contribution in [2.45, 2.75) is 6.92 Å². The number of ether oxygens (including phenoxy) is 3. The molecule has 0 aliphatic carbocycles. The van der Waals surface area contributed by atoms with Crippen molar-refractivity contribution in [3.63, 3.8) is 0 Å². The Morgan fingerprint density at radius 2 is 1.71 bits per heavy atom. The van der Waals surface area contributed by atoms with Crippen LogP contribution in [-0.2, 0) is 4.79 Å². The number of carbonyl (C=O) groups is 1. The molecule has 0 saturated carbocycles. The monoisotopic (exact) mass is 427 g/mol. The lowest BCUT2D eigenvalue weighted by molar-refractivity contribution is -0.126. The molecule has 1 N–H and O–H groups in total. The highest BCUT2D eigenvalue weighted by Gasteiger charge is 2.21. The SMILES string of the molecule is CCNc1ccc(N2CCN(C(=O)/C=C/c3cc(OC)c(OC)c(OC)c3)CC2)nn1. The summed E-state index contributed by atoms with van der Waals surface area (Å²) in [6.45, 7) is 5.47. The summed E-state index contributed by atoms with van der Waals surface area (Å²) in [6, 6.07) is 7.48. The van der Waals surface area contributed by atoms with Crippen LogP contribution in [0.2, 0.25) is 0 Å². The van der Waals surface area contributed by atoms with E-state index < -0.39 is 0 Å². The predicted octanol–water partition coefficient (Wildman–Crippen LogP) is 2.30. The minimum Gasteiger partial charge on any atom is -0.493 e. The molecule has 0 unspecified atom stereocenters. The molecule has 0 bridgehead atoms. The van der Waals surface area contributed by atoms with Crippen LogP contribution in [0.5, 0.6) is 17.2 Å². The Kier molecular flexibility index (Phi) is 7.53. The van der Waals surface area contributed by atoms with Gasteiger partial charge in [0.05, 0.1) is 21.3 Å². The molecule has 1 aliphatic rings. The van der Waals surface area contributed by atoms with Crippen molar-refractivity contribution in [3.8, 4) is 17.2 Å². The molecule has 0 radical (unpaired) electrons. The highest BCUT2D eigenvalue weighted by Crippen LogP contribution is 2.38. The second-order valence-corrected chi connectivity index (χ2v) is 6.91. The van der Waals surface area contributed by atoms with E-state index in [2.05, 4.69) is 20.4 Å². The summed E-state index contributed by atoms with van der Waals surface area (Å²) in [5.74, 6) is 3.15. The number of rotatable bonds is 8. The average Bonchev–Trinajstić information content (AvgIpc) is 2.82. The highest BCUT2D eigenvalue weighted by atomic mass is 16.5. The van der Waals surface area contributed by atoms with E-state index >= 15 is 0 Å². The fourth-order valence-electron chi connectivity index (χ4n) is 3.40. The molecule has 9 nitrogen and oxygen atoms in total. The van der Waals surface area contributed by atoms with Gasteiger partial charge in [-0.1, -0.05) is 0 Å². The molecule has 31 heavy (non-hydrogen) atoms. The van der Waals surface area contributed by atoms with E-state index in [-0.39, 0.29) is 5.91 Å². The van der Waals surface area contributed by atoms with Gasteiger partial charge in [0, 0.05) is 38.8 Å². The number of aromatic nitrogens is 2. The van der Waals surface area contributed by atoms with Gasteiger partial charge in [0.1, 0.15) is 5.82 Å². The third-order valence-corrected chi connectivity index (χ3v) is 5.03. The molecule has 2 aromatic rings. The zero-order chi connectivity index (χ0) is 22.2. The Hall–Kier alpha value is -3.49. The predicted molar refractivity (Wildman–Crippen MR) is 120 cm³/mol. The molecule has 3 rings (SSSR count). The number of nitrogens with zero attached hydrogens (tertiary/aromatic N) is 4. The van der Waals surface area contributed by atoms with Crippen molar-refractivity contribution in [3.05, 3.63) is 35.9 Å². The average molecular weight is 428 g/mol. The standard InChI is InChI=1S/C22H29N5O4/c1-5-23-19-7-8-20(25-24-19)26-10-12-27(13-11-26)21(28)9-6-16-14-17(29-2)22(31-4)18(15-16)30-3/h6-9,14-15H,5,10-13H2,1-4H3,(H,23,24)/b9-6+. The van der Waals surface area contributed by atoms with Crippen LogP contribution < -0.4 is 24.4 Å². The van der Waals surface area contributed by atoms with Gasteiger partial charge in [0.25, 0.3) is 0 Å². The Morgan fingerprint density at radius 1 is 1.03 bits per heavy atom. The van der Waals surface area contributed by atoms with Gasteiger partial charge in [-0.2, -0.15) is 0 Å². The number of methoxy groups -OCH3 is 3. The topological polar surface area (TPSA) is 89.1 Å². The maximum absolute atomic E-state index is 12.7. The van der Waals surface area contributed by atoms with Gasteiger partial charge in [-0.25, -0.2) is 0 Å². The number of hydrogen-bond donors (Lipinski definition) is 1. The molecule has 1 fully saturated rings. The fourth-order valence-corrected chi connectivity index (χ4v) is 3.40. The number of amides is 1. The zero-order valence-corrected chi connectivity index (χ0v) is 18.4. The number of benzene rings is 1. The summed E-state index contributed by atoms with van der Waals surface area (Å²) < 4.78 is 16.1. The number of piperazine rings is 1. The molecular weight excluding hydrogens is 398 g/mol. The molecule has 0 spiro atoms. The first kappa shape index (κ1) is 22.2. The van der Waals surface area contributed by atoms with Crippen molar-refractivity contribution >= 4 is 23.6 Å². The smallest absolute Gasteiger partial charge is 0.246 e. The van der Waals surface area contributed by atoms with E-state index in [1.807, 2.05) is 24.0 Å². The lowest BCUT2D eigenvalue weighted by atomic mass is 10.1. The van der Waals surface area contributed by atoms with Crippen molar-refractivity contribution in [1.29, 1.82) is 0 Å². The van der Waals surface area contributed by atoms with Crippen molar-refractivity contribution in [2.75, 3.05) is 64.3 Å².